The highest BCUT2D eigenvalue weighted by molar-refractivity contribution is 5.73. The van der Waals surface area contributed by atoms with E-state index in [1.165, 1.54) is 21.3 Å². The summed E-state index contributed by atoms with van der Waals surface area (Å²) < 4.78 is 15.4. The minimum absolute atomic E-state index is 0.122. The Kier molecular flexibility index (Phi) is 3.99. The molecule has 1 aromatic rings. The van der Waals surface area contributed by atoms with Crippen molar-refractivity contribution in [1.82, 2.24) is 0 Å². The molecule has 0 aliphatic heterocycles. The van der Waals surface area contributed by atoms with Gasteiger partial charge in [-0.1, -0.05) is 6.07 Å². The summed E-state index contributed by atoms with van der Waals surface area (Å²) in [5.41, 5.74) is 0.549. The highest BCUT2D eigenvalue weighted by Gasteiger charge is 2.17. The van der Waals surface area contributed by atoms with E-state index >= 15 is 0 Å². The highest BCUT2D eigenvalue weighted by Crippen LogP contribution is 2.39. The zero-order valence-corrected chi connectivity index (χ0v) is 9.44. The second-order valence-electron chi connectivity index (χ2n) is 3.06. The molecule has 0 aromatic heterocycles. The maximum absolute atomic E-state index is 10.7. The summed E-state index contributed by atoms with van der Waals surface area (Å²) in [7, 11) is 4.45. The second-order valence-corrected chi connectivity index (χ2v) is 3.06. The van der Waals surface area contributed by atoms with E-state index in [0.29, 0.717) is 22.8 Å². The molecular weight excluding hydrogens is 212 g/mol. The molecule has 1 N–H and O–H groups in total. The fraction of sp³-hybridized carbons (Fsp3) is 0.364. The summed E-state index contributed by atoms with van der Waals surface area (Å²) in [6, 6.07) is 3.30. The lowest BCUT2D eigenvalue weighted by Crippen LogP contribution is -2.04. The van der Waals surface area contributed by atoms with Crippen LogP contribution in [0, 0.1) is 0 Å². The molecule has 0 aliphatic rings. The summed E-state index contributed by atoms with van der Waals surface area (Å²) in [5.74, 6) is 0.381. The van der Waals surface area contributed by atoms with Crippen LogP contribution in [-0.2, 0) is 11.2 Å². The van der Waals surface area contributed by atoms with Gasteiger partial charge in [0.1, 0.15) is 0 Å². The summed E-state index contributed by atoms with van der Waals surface area (Å²) in [4.78, 5) is 10.7. The van der Waals surface area contributed by atoms with Gasteiger partial charge in [0.25, 0.3) is 0 Å². The van der Waals surface area contributed by atoms with Crippen molar-refractivity contribution in [1.29, 1.82) is 0 Å². The number of hydrogen-bond donors (Lipinski definition) is 1. The van der Waals surface area contributed by atoms with Gasteiger partial charge >= 0.3 is 5.97 Å². The molecular formula is C11H14O5. The van der Waals surface area contributed by atoms with Crippen LogP contribution in [0.25, 0.3) is 0 Å². The molecule has 5 nitrogen and oxygen atoms in total. The third-order valence-electron chi connectivity index (χ3n) is 2.13. The molecule has 0 fully saturated rings. The van der Waals surface area contributed by atoms with Gasteiger partial charge in [0.2, 0.25) is 5.75 Å². The summed E-state index contributed by atoms with van der Waals surface area (Å²) in [5, 5.41) is 8.75. The van der Waals surface area contributed by atoms with Crippen LogP contribution in [0.3, 0.4) is 0 Å². The molecule has 0 saturated carbocycles. The largest absolute Gasteiger partial charge is 0.493 e. The molecule has 0 heterocycles. The number of carboxylic acid groups (broad SMARTS) is 1. The van der Waals surface area contributed by atoms with Crippen LogP contribution in [0.1, 0.15) is 5.56 Å². The van der Waals surface area contributed by atoms with Crippen molar-refractivity contribution >= 4 is 5.97 Å². The Hall–Kier alpha value is -1.91. The van der Waals surface area contributed by atoms with E-state index in [4.69, 9.17) is 19.3 Å². The first-order chi connectivity index (χ1) is 7.63. The number of methoxy groups -OCH3 is 3. The van der Waals surface area contributed by atoms with E-state index in [1.54, 1.807) is 12.1 Å². The van der Waals surface area contributed by atoms with E-state index < -0.39 is 5.97 Å². The molecule has 0 atom stereocenters. The molecule has 0 unspecified atom stereocenters. The van der Waals surface area contributed by atoms with E-state index in [9.17, 15) is 4.79 Å². The number of aliphatic carboxylic acids is 1. The van der Waals surface area contributed by atoms with Gasteiger partial charge in [-0.3, -0.25) is 4.79 Å². The minimum atomic E-state index is -0.925. The number of carbonyl (C=O) groups is 1. The zero-order chi connectivity index (χ0) is 12.1. The van der Waals surface area contributed by atoms with Gasteiger partial charge in [-0.2, -0.15) is 0 Å². The molecule has 1 aromatic carbocycles. The van der Waals surface area contributed by atoms with Crippen LogP contribution in [-0.4, -0.2) is 32.4 Å². The Morgan fingerprint density at radius 2 is 1.75 bits per heavy atom. The first kappa shape index (κ1) is 12.2. The van der Waals surface area contributed by atoms with Crippen molar-refractivity contribution in [3.05, 3.63) is 17.7 Å². The molecule has 0 aliphatic carbocycles. The molecule has 0 amide bonds. The van der Waals surface area contributed by atoms with Crippen molar-refractivity contribution in [2.24, 2.45) is 0 Å². The van der Waals surface area contributed by atoms with Crippen LogP contribution in [0.4, 0.5) is 0 Å². The summed E-state index contributed by atoms with van der Waals surface area (Å²) >= 11 is 0. The van der Waals surface area contributed by atoms with Crippen molar-refractivity contribution in [2.75, 3.05) is 21.3 Å². The third-order valence-corrected chi connectivity index (χ3v) is 2.13. The number of rotatable bonds is 5. The van der Waals surface area contributed by atoms with Crippen LogP contribution in [0.15, 0.2) is 12.1 Å². The van der Waals surface area contributed by atoms with Crippen molar-refractivity contribution in [2.45, 2.75) is 6.42 Å². The third kappa shape index (κ3) is 2.36. The Balaban J connectivity index is 3.25. The standard InChI is InChI=1S/C11H14O5/c1-14-8-5-4-7(6-9(12)13)10(15-2)11(8)16-3/h4-5H,6H2,1-3H3,(H,12,13). The van der Waals surface area contributed by atoms with Gasteiger partial charge in [0.05, 0.1) is 27.8 Å². The lowest BCUT2D eigenvalue weighted by molar-refractivity contribution is -0.136. The van der Waals surface area contributed by atoms with Gasteiger partial charge in [-0.05, 0) is 6.07 Å². The molecule has 0 saturated heterocycles. The molecule has 88 valence electrons. The maximum Gasteiger partial charge on any atom is 0.307 e. The number of benzene rings is 1. The molecule has 0 spiro atoms. The van der Waals surface area contributed by atoms with Crippen LogP contribution >= 0.6 is 0 Å². The average Bonchev–Trinajstić information content (AvgIpc) is 2.27. The Morgan fingerprint density at radius 1 is 1.12 bits per heavy atom. The normalized spacial score (nSPS) is 9.69. The van der Waals surface area contributed by atoms with Gasteiger partial charge in [0, 0.05) is 5.56 Å². The Labute approximate surface area is 93.6 Å². The van der Waals surface area contributed by atoms with Crippen LogP contribution < -0.4 is 14.2 Å². The van der Waals surface area contributed by atoms with E-state index in [0.717, 1.165) is 0 Å². The van der Waals surface area contributed by atoms with Gasteiger partial charge in [-0.25, -0.2) is 0 Å². The lowest BCUT2D eigenvalue weighted by atomic mass is 10.1. The van der Waals surface area contributed by atoms with Gasteiger partial charge in [-0.15, -0.1) is 0 Å². The number of carboxylic acids is 1. The van der Waals surface area contributed by atoms with E-state index in [-0.39, 0.29) is 6.42 Å². The monoisotopic (exact) mass is 226 g/mol. The molecule has 5 heteroatoms. The molecule has 16 heavy (non-hydrogen) atoms. The lowest BCUT2D eigenvalue weighted by Gasteiger charge is -2.14. The first-order valence-electron chi connectivity index (χ1n) is 4.63. The topological polar surface area (TPSA) is 65.0 Å². The smallest absolute Gasteiger partial charge is 0.307 e. The van der Waals surface area contributed by atoms with Gasteiger partial charge in [0.15, 0.2) is 11.5 Å². The minimum Gasteiger partial charge on any atom is -0.493 e. The average molecular weight is 226 g/mol. The van der Waals surface area contributed by atoms with Crippen molar-refractivity contribution in [3.8, 4) is 17.2 Å². The van der Waals surface area contributed by atoms with Gasteiger partial charge < -0.3 is 19.3 Å². The Morgan fingerprint density at radius 3 is 2.19 bits per heavy atom. The summed E-state index contributed by atoms with van der Waals surface area (Å²) in [6.07, 6.45) is -0.122. The first-order valence-corrected chi connectivity index (χ1v) is 4.63. The fourth-order valence-electron chi connectivity index (χ4n) is 1.47. The quantitative estimate of drug-likeness (QED) is 0.820. The van der Waals surface area contributed by atoms with E-state index in [1.807, 2.05) is 0 Å². The number of hydrogen-bond acceptors (Lipinski definition) is 4. The van der Waals surface area contributed by atoms with E-state index in [2.05, 4.69) is 0 Å². The SMILES string of the molecule is COc1ccc(CC(=O)O)c(OC)c1OC. The second kappa shape index (κ2) is 5.25. The predicted octanol–water partition coefficient (Wildman–Crippen LogP) is 1.34. The maximum atomic E-state index is 10.7. The highest BCUT2D eigenvalue weighted by atomic mass is 16.5. The van der Waals surface area contributed by atoms with Crippen LogP contribution in [0.2, 0.25) is 0 Å². The van der Waals surface area contributed by atoms with Crippen molar-refractivity contribution in [3.63, 3.8) is 0 Å². The summed E-state index contributed by atoms with van der Waals surface area (Å²) in [6.45, 7) is 0. The number of ether oxygens (including phenoxy) is 3. The van der Waals surface area contributed by atoms with Crippen LogP contribution in [0.5, 0.6) is 17.2 Å². The fourth-order valence-corrected chi connectivity index (χ4v) is 1.47. The molecule has 0 radical (unpaired) electrons. The van der Waals surface area contributed by atoms with Crippen molar-refractivity contribution < 1.29 is 24.1 Å². The molecule has 1 rings (SSSR count). The predicted molar refractivity (Wildman–Crippen MR) is 57.4 cm³/mol. The molecule has 0 bridgehead atoms. The zero-order valence-electron chi connectivity index (χ0n) is 9.44. The Bertz CT molecular complexity index is 386.